The molecule has 0 spiro atoms. The monoisotopic (exact) mass is 294 g/mol. The van der Waals surface area contributed by atoms with Gasteiger partial charge in [-0.2, -0.15) is 0 Å². The number of esters is 1. The molecule has 0 amide bonds. The molecule has 100 valence electrons. The topological polar surface area (TPSA) is 51.2 Å². The number of thioether (sulfide) groups is 1. The van der Waals surface area contributed by atoms with E-state index in [0.29, 0.717) is 15.7 Å². The van der Waals surface area contributed by atoms with Crippen LogP contribution in [0.1, 0.15) is 15.4 Å². The molecule has 2 aromatic rings. The molecule has 1 aromatic heterocycles. The molecule has 1 N–H and O–H groups in total. The molecule has 0 bridgehead atoms. The smallest absolute Gasteiger partial charge is 0.350 e. The number of hydrogen-bond donors (Lipinski definition) is 1. The summed E-state index contributed by atoms with van der Waals surface area (Å²) in [6.07, 6.45) is 2.02. The average molecular weight is 294 g/mol. The molecule has 2 rings (SSSR count). The van der Waals surface area contributed by atoms with Crippen molar-refractivity contribution in [1.82, 2.24) is 4.98 Å². The fourth-order valence-corrected chi connectivity index (χ4v) is 3.05. The number of carbonyl (C=O) groups excluding carboxylic acids is 1. The van der Waals surface area contributed by atoms with Crippen LogP contribution in [0.3, 0.4) is 0 Å². The summed E-state index contributed by atoms with van der Waals surface area (Å²) in [5, 5.41) is 3.94. The van der Waals surface area contributed by atoms with Crippen LogP contribution in [-0.2, 0) is 4.74 Å². The summed E-state index contributed by atoms with van der Waals surface area (Å²) in [4.78, 5) is 17.6. The Bertz CT molecular complexity index is 596. The number of hydrogen-bond acceptors (Lipinski definition) is 6. The van der Waals surface area contributed by atoms with Gasteiger partial charge in [0.2, 0.25) is 0 Å². The Hall–Kier alpha value is -1.53. The van der Waals surface area contributed by atoms with Crippen molar-refractivity contribution in [2.24, 2.45) is 0 Å². The minimum Gasteiger partial charge on any atom is -0.465 e. The molecular weight excluding hydrogens is 280 g/mol. The first-order valence-corrected chi connectivity index (χ1v) is 7.65. The van der Waals surface area contributed by atoms with Crippen LogP contribution < -0.4 is 5.32 Å². The maximum absolute atomic E-state index is 11.5. The second kappa shape index (κ2) is 6.08. The highest BCUT2D eigenvalue weighted by molar-refractivity contribution is 7.98. The lowest BCUT2D eigenvalue weighted by molar-refractivity contribution is 0.0605. The lowest BCUT2D eigenvalue weighted by Crippen LogP contribution is -1.99. The number of ether oxygens (including phenoxy) is 1. The van der Waals surface area contributed by atoms with Crippen molar-refractivity contribution in [3.05, 3.63) is 34.8 Å². The number of rotatable bonds is 4. The van der Waals surface area contributed by atoms with Gasteiger partial charge in [-0.1, -0.05) is 23.5 Å². The number of aryl methyl sites for hydroxylation is 1. The number of thiazole rings is 1. The van der Waals surface area contributed by atoms with Crippen LogP contribution in [0.2, 0.25) is 0 Å². The Balaban J connectivity index is 2.27. The van der Waals surface area contributed by atoms with Crippen molar-refractivity contribution in [3.8, 4) is 0 Å². The maximum atomic E-state index is 11.5. The Morgan fingerprint density at radius 2 is 2.16 bits per heavy atom. The van der Waals surface area contributed by atoms with E-state index in [1.54, 1.807) is 18.7 Å². The van der Waals surface area contributed by atoms with E-state index in [0.717, 1.165) is 10.6 Å². The Morgan fingerprint density at radius 1 is 1.42 bits per heavy atom. The van der Waals surface area contributed by atoms with Gasteiger partial charge in [0.15, 0.2) is 5.13 Å². The fraction of sp³-hybridized carbons (Fsp3) is 0.231. The van der Waals surface area contributed by atoms with Gasteiger partial charge in [-0.25, -0.2) is 9.78 Å². The van der Waals surface area contributed by atoms with Crippen LogP contribution in [0, 0.1) is 6.92 Å². The average Bonchev–Trinajstić information content (AvgIpc) is 2.79. The molecule has 1 heterocycles. The van der Waals surface area contributed by atoms with Crippen LogP contribution in [0.4, 0.5) is 10.8 Å². The van der Waals surface area contributed by atoms with E-state index >= 15 is 0 Å². The molecule has 19 heavy (non-hydrogen) atoms. The predicted octanol–water partition coefficient (Wildman–Crippen LogP) is 3.70. The highest BCUT2D eigenvalue weighted by Gasteiger charge is 2.16. The van der Waals surface area contributed by atoms with Crippen LogP contribution in [-0.4, -0.2) is 24.3 Å². The maximum Gasteiger partial charge on any atom is 0.350 e. The normalized spacial score (nSPS) is 10.3. The number of nitrogens with zero attached hydrogens (tertiary/aromatic N) is 1. The number of para-hydroxylation sites is 1. The third kappa shape index (κ3) is 3.08. The number of benzene rings is 1. The van der Waals surface area contributed by atoms with Crippen LogP contribution in [0.15, 0.2) is 29.2 Å². The zero-order chi connectivity index (χ0) is 13.8. The molecule has 0 saturated heterocycles. The third-order valence-corrected chi connectivity index (χ3v) is 4.36. The van der Waals surface area contributed by atoms with E-state index in [4.69, 9.17) is 4.74 Å². The van der Waals surface area contributed by atoms with Crippen LogP contribution in [0.25, 0.3) is 0 Å². The van der Waals surface area contributed by atoms with Gasteiger partial charge in [0.1, 0.15) is 4.88 Å². The van der Waals surface area contributed by atoms with Crippen molar-refractivity contribution >= 4 is 39.9 Å². The Morgan fingerprint density at radius 3 is 2.84 bits per heavy atom. The largest absolute Gasteiger partial charge is 0.465 e. The SMILES string of the molecule is COC(=O)c1sc(Nc2ccccc2SC)nc1C. The van der Waals surface area contributed by atoms with Gasteiger partial charge in [-0.15, -0.1) is 11.8 Å². The fourth-order valence-electron chi connectivity index (χ4n) is 1.60. The molecule has 4 nitrogen and oxygen atoms in total. The molecule has 0 radical (unpaired) electrons. The number of aromatic nitrogens is 1. The van der Waals surface area contributed by atoms with Crippen molar-refractivity contribution in [2.75, 3.05) is 18.7 Å². The molecule has 0 unspecified atom stereocenters. The minimum atomic E-state index is -0.346. The number of carbonyl (C=O) groups is 1. The van der Waals surface area contributed by atoms with Gasteiger partial charge in [0.05, 0.1) is 18.5 Å². The first kappa shape index (κ1) is 13.9. The Labute approximate surface area is 120 Å². The lowest BCUT2D eigenvalue weighted by Gasteiger charge is -2.06. The van der Waals surface area contributed by atoms with E-state index in [-0.39, 0.29) is 5.97 Å². The van der Waals surface area contributed by atoms with E-state index in [1.807, 2.05) is 30.5 Å². The molecular formula is C13H14N2O2S2. The van der Waals surface area contributed by atoms with Gasteiger partial charge in [0, 0.05) is 4.90 Å². The number of nitrogens with one attached hydrogen (secondary N) is 1. The van der Waals surface area contributed by atoms with Crippen molar-refractivity contribution in [1.29, 1.82) is 0 Å². The number of anilines is 2. The molecule has 1 aromatic carbocycles. The molecule has 0 saturated carbocycles. The second-order valence-corrected chi connectivity index (χ2v) is 5.60. The minimum absolute atomic E-state index is 0.346. The van der Waals surface area contributed by atoms with Crippen molar-refractivity contribution < 1.29 is 9.53 Å². The second-order valence-electron chi connectivity index (χ2n) is 3.75. The highest BCUT2D eigenvalue weighted by atomic mass is 32.2. The zero-order valence-electron chi connectivity index (χ0n) is 10.9. The van der Waals surface area contributed by atoms with E-state index in [1.165, 1.54) is 18.4 Å². The van der Waals surface area contributed by atoms with Gasteiger partial charge in [-0.05, 0) is 25.3 Å². The molecule has 0 aliphatic rings. The van der Waals surface area contributed by atoms with E-state index in [9.17, 15) is 4.79 Å². The summed E-state index contributed by atoms with van der Waals surface area (Å²) in [7, 11) is 1.37. The summed E-state index contributed by atoms with van der Waals surface area (Å²) < 4.78 is 4.73. The summed E-state index contributed by atoms with van der Waals surface area (Å²) in [5.41, 5.74) is 1.67. The van der Waals surface area contributed by atoms with Gasteiger partial charge in [-0.3, -0.25) is 0 Å². The van der Waals surface area contributed by atoms with E-state index < -0.39 is 0 Å². The standard InChI is InChI=1S/C13H14N2O2S2/c1-8-11(12(16)17-2)19-13(14-8)15-9-6-4-5-7-10(9)18-3/h4-7H,1-3H3,(H,14,15). The van der Waals surface area contributed by atoms with Gasteiger partial charge < -0.3 is 10.1 Å². The summed E-state index contributed by atoms with van der Waals surface area (Å²) in [6, 6.07) is 7.97. The predicted molar refractivity (Wildman–Crippen MR) is 79.7 cm³/mol. The van der Waals surface area contributed by atoms with Gasteiger partial charge in [0.25, 0.3) is 0 Å². The van der Waals surface area contributed by atoms with Crippen molar-refractivity contribution in [2.45, 2.75) is 11.8 Å². The summed E-state index contributed by atoms with van der Waals surface area (Å²) >= 11 is 2.96. The molecule has 0 aliphatic heterocycles. The molecule has 0 atom stereocenters. The summed E-state index contributed by atoms with van der Waals surface area (Å²) in [5.74, 6) is -0.346. The molecule has 0 fully saturated rings. The lowest BCUT2D eigenvalue weighted by atomic mass is 10.3. The number of methoxy groups -OCH3 is 1. The van der Waals surface area contributed by atoms with Crippen molar-refractivity contribution in [3.63, 3.8) is 0 Å². The van der Waals surface area contributed by atoms with Gasteiger partial charge >= 0.3 is 5.97 Å². The summed E-state index contributed by atoms with van der Waals surface area (Å²) in [6.45, 7) is 1.80. The third-order valence-electron chi connectivity index (χ3n) is 2.52. The molecule has 0 aliphatic carbocycles. The van der Waals surface area contributed by atoms with Crippen LogP contribution >= 0.6 is 23.1 Å². The first-order chi connectivity index (χ1) is 9.15. The molecule has 6 heteroatoms. The first-order valence-electron chi connectivity index (χ1n) is 5.61. The Kier molecular flexibility index (Phi) is 4.44. The van der Waals surface area contributed by atoms with Crippen LogP contribution in [0.5, 0.6) is 0 Å². The highest BCUT2D eigenvalue weighted by Crippen LogP contribution is 2.31. The quantitative estimate of drug-likeness (QED) is 0.688. The van der Waals surface area contributed by atoms with E-state index in [2.05, 4.69) is 10.3 Å². The zero-order valence-corrected chi connectivity index (χ0v) is 12.5.